The molecule has 2 atom stereocenters. The van der Waals surface area contributed by atoms with Crippen molar-refractivity contribution in [3.05, 3.63) is 24.2 Å². The summed E-state index contributed by atoms with van der Waals surface area (Å²) in [5.74, 6) is 2.45. The summed E-state index contributed by atoms with van der Waals surface area (Å²) in [5.41, 5.74) is 0. The number of nitrogens with zero attached hydrogens (tertiary/aromatic N) is 2. The fourth-order valence-corrected chi connectivity index (χ4v) is 5.57. The van der Waals surface area contributed by atoms with Gasteiger partial charge in [-0.3, -0.25) is 9.89 Å². The lowest BCUT2D eigenvalue weighted by atomic mass is 10.1. The Bertz CT molecular complexity index is 681. The minimum atomic E-state index is -2.84. The Morgan fingerprint density at radius 2 is 2.19 bits per heavy atom. The first kappa shape index (κ1) is 19.2. The first-order valence-corrected chi connectivity index (χ1v) is 11.4. The highest BCUT2D eigenvalue weighted by Gasteiger charge is 2.28. The second-order valence-corrected chi connectivity index (χ2v) is 9.37. The van der Waals surface area contributed by atoms with Gasteiger partial charge in [0.05, 0.1) is 30.4 Å². The molecular weight excluding hydrogens is 352 g/mol. The molecule has 8 heteroatoms. The molecule has 26 heavy (non-hydrogen) atoms. The Labute approximate surface area is 156 Å². The summed E-state index contributed by atoms with van der Waals surface area (Å²) >= 11 is 0. The zero-order valence-electron chi connectivity index (χ0n) is 15.5. The quantitative estimate of drug-likeness (QED) is 0.548. The van der Waals surface area contributed by atoms with Crippen molar-refractivity contribution in [1.82, 2.24) is 15.5 Å². The van der Waals surface area contributed by atoms with Crippen molar-refractivity contribution in [2.45, 2.75) is 32.2 Å². The molecule has 2 saturated heterocycles. The molecule has 3 heterocycles. The van der Waals surface area contributed by atoms with Crippen LogP contribution >= 0.6 is 0 Å². The van der Waals surface area contributed by atoms with E-state index in [9.17, 15) is 8.42 Å². The number of hydrogen-bond donors (Lipinski definition) is 2. The Morgan fingerprint density at radius 1 is 1.38 bits per heavy atom. The molecule has 0 aliphatic carbocycles. The molecule has 2 fully saturated rings. The van der Waals surface area contributed by atoms with E-state index in [4.69, 9.17) is 9.41 Å². The minimum Gasteiger partial charge on any atom is -0.468 e. The van der Waals surface area contributed by atoms with Crippen molar-refractivity contribution in [2.75, 3.05) is 44.2 Å². The predicted octanol–water partition coefficient (Wildman–Crippen LogP) is 1.41. The van der Waals surface area contributed by atoms with Gasteiger partial charge in [-0.15, -0.1) is 0 Å². The number of rotatable bonds is 7. The van der Waals surface area contributed by atoms with Gasteiger partial charge in [-0.25, -0.2) is 8.42 Å². The molecular formula is C18H30N4O3S. The van der Waals surface area contributed by atoms with Crippen LogP contribution in [0.15, 0.2) is 27.8 Å². The van der Waals surface area contributed by atoms with Crippen molar-refractivity contribution in [1.29, 1.82) is 0 Å². The number of aliphatic imine (C=N–C) groups is 1. The minimum absolute atomic E-state index is 0.148. The molecule has 0 spiro atoms. The molecule has 2 aliphatic heterocycles. The van der Waals surface area contributed by atoms with E-state index in [-0.39, 0.29) is 17.7 Å². The molecule has 3 rings (SSSR count). The van der Waals surface area contributed by atoms with Gasteiger partial charge in [0, 0.05) is 13.1 Å². The number of likely N-dealkylation sites (tertiary alicyclic amines) is 1. The Kier molecular flexibility index (Phi) is 6.58. The number of hydrogen-bond acceptors (Lipinski definition) is 5. The van der Waals surface area contributed by atoms with Crippen molar-refractivity contribution < 1.29 is 12.8 Å². The van der Waals surface area contributed by atoms with Gasteiger partial charge in [0.1, 0.15) is 5.76 Å². The molecule has 0 radical (unpaired) electrons. The van der Waals surface area contributed by atoms with Crippen LogP contribution in [0.3, 0.4) is 0 Å². The van der Waals surface area contributed by atoms with Crippen LogP contribution in [-0.4, -0.2) is 63.5 Å². The highest BCUT2D eigenvalue weighted by Crippen LogP contribution is 2.25. The molecule has 7 nitrogen and oxygen atoms in total. The average molecular weight is 383 g/mol. The van der Waals surface area contributed by atoms with Gasteiger partial charge in [-0.05, 0) is 57.3 Å². The van der Waals surface area contributed by atoms with Crippen LogP contribution in [0.2, 0.25) is 0 Å². The maximum atomic E-state index is 11.6. The SMILES string of the molecule is CCNC(=NCC(c1ccco1)N1CCCC1)NCC1CCS(=O)(=O)C1. The van der Waals surface area contributed by atoms with E-state index in [0.717, 1.165) is 37.8 Å². The molecule has 146 valence electrons. The molecule has 0 bridgehead atoms. The molecule has 2 aliphatic rings. The summed E-state index contributed by atoms with van der Waals surface area (Å²) in [6, 6.07) is 4.09. The predicted molar refractivity (Wildman–Crippen MR) is 103 cm³/mol. The lowest BCUT2D eigenvalue weighted by Gasteiger charge is -2.24. The standard InChI is InChI=1S/C18H30N4O3S/c1-2-19-18(20-12-15-7-11-26(23,24)14-15)21-13-16(17-6-5-10-25-17)22-8-3-4-9-22/h5-6,10,15-16H,2-4,7-9,11-14H2,1H3,(H2,19,20,21). The number of furan rings is 1. The van der Waals surface area contributed by atoms with Crippen LogP contribution in [0.5, 0.6) is 0 Å². The van der Waals surface area contributed by atoms with Gasteiger partial charge >= 0.3 is 0 Å². The highest BCUT2D eigenvalue weighted by atomic mass is 32.2. The van der Waals surface area contributed by atoms with Crippen LogP contribution in [0.25, 0.3) is 0 Å². The third-order valence-electron chi connectivity index (χ3n) is 5.10. The van der Waals surface area contributed by atoms with Gasteiger partial charge in [-0.2, -0.15) is 0 Å². The van der Waals surface area contributed by atoms with Crippen LogP contribution < -0.4 is 10.6 Å². The first-order chi connectivity index (χ1) is 12.6. The fourth-order valence-electron chi connectivity index (χ4n) is 3.71. The number of guanidine groups is 1. The maximum absolute atomic E-state index is 11.6. The maximum Gasteiger partial charge on any atom is 0.191 e. The van der Waals surface area contributed by atoms with E-state index in [2.05, 4.69) is 15.5 Å². The van der Waals surface area contributed by atoms with E-state index in [0.29, 0.717) is 18.8 Å². The van der Waals surface area contributed by atoms with Gasteiger partial charge in [-0.1, -0.05) is 0 Å². The van der Waals surface area contributed by atoms with Crippen LogP contribution in [-0.2, 0) is 9.84 Å². The zero-order chi connectivity index (χ0) is 18.4. The number of sulfone groups is 1. The lowest BCUT2D eigenvalue weighted by Crippen LogP contribution is -2.40. The molecule has 0 saturated carbocycles. The normalized spacial score (nSPS) is 24.7. The van der Waals surface area contributed by atoms with Crippen LogP contribution in [0.4, 0.5) is 0 Å². The Balaban J connectivity index is 1.61. The largest absolute Gasteiger partial charge is 0.468 e. The summed E-state index contributed by atoms with van der Waals surface area (Å²) in [4.78, 5) is 7.18. The van der Waals surface area contributed by atoms with Crippen LogP contribution in [0, 0.1) is 5.92 Å². The van der Waals surface area contributed by atoms with Crippen molar-refractivity contribution in [3.8, 4) is 0 Å². The van der Waals surface area contributed by atoms with Gasteiger partial charge in [0.25, 0.3) is 0 Å². The molecule has 0 aromatic carbocycles. The fraction of sp³-hybridized carbons (Fsp3) is 0.722. The zero-order valence-corrected chi connectivity index (χ0v) is 16.3. The second kappa shape index (κ2) is 8.90. The van der Waals surface area contributed by atoms with E-state index in [1.807, 2.05) is 19.1 Å². The second-order valence-electron chi connectivity index (χ2n) is 7.14. The van der Waals surface area contributed by atoms with Crippen LogP contribution in [0.1, 0.15) is 38.0 Å². The van der Waals surface area contributed by atoms with Gasteiger partial charge in [0.15, 0.2) is 15.8 Å². The highest BCUT2D eigenvalue weighted by molar-refractivity contribution is 7.91. The third-order valence-corrected chi connectivity index (χ3v) is 6.94. The molecule has 1 aromatic heterocycles. The molecule has 2 N–H and O–H groups in total. The smallest absolute Gasteiger partial charge is 0.191 e. The average Bonchev–Trinajstić information content (AvgIpc) is 3.35. The summed E-state index contributed by atoms with van der Waals surface area (Å²) in [7, 11) is -2.84. The van der Waals surface area contributed by atoms with Crippen molar-refractivity contribution in [2.24, 2.45) is 10.9 Å². The van der Waals surface area contributed by atoms with E-state index >= 15 is 0 Å². The summed E-state index contributed by atoms with van der Waals surface area (Å²) < 4.78 is 28.9. The van der Waals surface area contributed by atoms with E-state index < -0.39 is 9.84 Å². The third kappa shape index (κ3) is 5.23. The monoisotopic (exact) mass is 382 g/mol. The molecule has 1 aromatic rings. The van der Waals surface area contributed by atoms with E-state index in [1.54, 1.807) is 6.26 Å². The lowest BCUT2D eigenvalue weighted by molar-refractivity contribution is 0.221. The Hall–Kier alpha value is -1.54. The topological polar surface area (TPSA) is 86.9 Å². The summed E-state index contributed by atoms with van der Waals surface area (Å²) in [5, 5.41) is 6.58. The van der Waals surface area contributed by atoms with Crippen molar-refractivity contribution >= 4 is 15.8 Å². The summed E-state index contributed by atoms with van der Waals surface area (Å²) in [6.45, 7) is 6.20. The molecule has 2 unspecified atom stereocenters. The van der Waals surface area contributed by atoms with Gasteiger partial charge < -0.3 is 15.1 Å². The number of nitrogens with one attached hydrogen (secondary N) is 2. The van der Waals surface area contributed by atoms with Crippen molar-refractivity contribution in [3.63, 3.8) is 0 Å². The van der Waals surface area contributed by atoms with E-state index in [1.165, 1.54) is 12.8 Å². The Morgan fingerprint density at radius 3 is 2.81 bits per heavy atom. The molecule has 0 amide bonds. The summed E-state index contributed by atoms with van der Waals surface area (Å²) in [6.07, 6.45) is 4.88. The first-order valence-electron chi connectivity index (χ1n) is 9.57. The van der Waals surface area contributed by atoms with Gasteiger partial charge in [0.2, 0.25) is 0 Å².